The van der Waals surface area contributed by atoms with Gasteiger partial charge in [-0.15, -0.1) is 12.4 Å². The van der Waals surface area contributed by atoms with Crippen molar-refractivity contribution < 1.29 is 0 Å². The molecule has 0 unspecified atom stereocenters. The van der Waals surface area contributed by atoms with Crippen LogP contribution in [0.2, 0.25) is 0 Å². The molecule has 102 valence electrons. The molecule has 19 heavy (non-hydrogen) atoms. The van der Waals surface area contributed by atoms with Crippen LogP contribution in [0, 0.1) is 5.92 Å². The summed E-state index contributed by atoms with van der Waals surface area (Å²) in [7, 11) is 0. The summed E-state index contributed by atoms with van der Waals surface area (Å²) in [5.74, 6) is 0.701. The van der Waals surface area contributed by atoms with E-state index in [-0.39, 0.29) is 12.4 Å². The lowest BCUT2D eigenvalue weighted by Gasteiger charge is -2.09. The Kier molecular flexibility index (Phi) is 6.07. The Bertz CT molecular complexity index is 503. The fraction of sp³-hybridized carbons (Fsp3) is 0.294. The van der Waals surface area contributed by atoms with Crippen LogP contribution in [0.15, 0.2) is 48.5 Å². The van der Waals surface area contributed by atoms with Crippen molar-refractivity contribution in [2.45, 2.75) is 26.8 Å². The molecule has 0 heterocycles. The van der Waals surface area contributed by atoms with Crippen molar-refractivity contribution in [2.24, 2.45) is 11.7 Å². The molecule has 0 atom stereocenters. The highest BCUT2D eigenvalue weighted by Gasteiger charge is 2.03. The predicted molar refractivity (Wildman–Crippen MR) is 85.6 cm³/mol. The van der Waals surface area contributed by atoms with Crippen LogP contribution in [-0.4, -0.2) is 0 Å². The largest absolute Gasteiger partial charge is 0.326 e. The molecule has 0 aromatic heterocycles. The summed E-state index contributed by atoms with van der Waals surface area (Å²) in [5.41, 5.74) is 10.9. The van der Waals surface area contributed by atoms with Gasteiger partial charge in [0.15, 0.2) is 0 Å². The SMILES string of the molecule is CC(C)Cc1ccc(-c2ccccc2CN)cc1.Cl. The number of halogens is 1. The van der Waals surface area contributed by atoms with E-state index in [1.54, 1.807) is 0 Å². The third kappa shape index (κ3) is 4.09. The molecule has 0 spiro atoms. The number of hydrogen-bond donors (Lipinski definition) is 1. The van der Waals surface area contributed by atoms with Gasteiger partial charge in [0.1, 0.15) is 0 Å². The summed E-state index contributed by atoms with van der Waals surface area (Å²) in [6, 6.07) is 17.2. The molecule has 0 saturated heterocycles. The highest BCUT2D eigenvalue weighted by molar-refractivity contribution is 5.85. The van der Waals surface area contributed by atoms with Gasteiger partial charge in [-0.3, -0.25) is 0 Å². The number of benzene rings is 2. The van der Waals surface area contributed by atoms with Crippen LogP contribution in [-0.2, 0) is 13.0 Å². The number of rotatable bonds is 4. The van der Waals surface area contributed by atoms with E-state index in [9.17, 15) is 0 Å². The van der Waals surface area contributed by atoms with E-state index < -0.39 is 0 Å². The van der Waals surface area contributed by atoms with Crippen molar-refractivity contribution in [1.29, 1.82) is 0 Å². The fourth-order valence-electron chi connectivity index (χ4n) is 2.27. The van der Waals surface area contributed by atoms with Gasteiger partial charge in [0, 0.05) is 6.54 Å². The minimum absolute atomic E-state index is 0. The summed E-state index contributed by atoms with van der Waals surface area (Å²) in [6.45, 7) is 5.08. The van der Waals surface area contributed by atoms with E-state index >= 15 is 0 Å². The summed E-state index contributed by atoms with van der Waals surface area (Å²) in [5, 5.41) is 0. The zero-order chi connectivity index (χ0) is 13.0. The Morgan fingerprint density at radius 2 is 1.58 bits per heavy atom. The van der Waals surface area contributed by atoms with Crippen LogP contribution in [0.25, 0.3) is 11.1 Å². The second-order valence-electron chi connectivity index (χ2n) is 5.16. The van der Waals surface area contributed by atoms with E-state index in [2.05, 4.69) is 56.3 Å². The third-order valence-corrected chi connectivity index (χ3v) is 3.15. The van der Waals surface area contributed by atoms with Gasteiger partial charge in [0.2, 0.25) is 0 Å². The minimum atomic E-state index is 0. The molecule has 2 N–H and O–H groups in total. The molecule has 0 radical (unpaired) electrons. The fourth-order valence-corrected chi connectivity index (χ4v) is 2.27. The first-order chi connectivity index (χ1) is 8.70. The molecule has 0 aliphatic rings. The maximum atomic E-state index is 5.78. The van der Waals surface area contributed by atoms with Crippen molar-refractivity contribution >= 4 is 12.4 Å². The highest BCUT2D eigenvalue weighted by atomic mass is 35.5. The quantitative estimate of drug-likeness (QED) is 0.877. The van der Waals surface area contributed by atoms with Crippen LogP contribution in [0.5, 0.6) is 0 Å². The van der Waals surface area contributed by atoms with E-state index in [4.69, 9.17) is 5.73 Å². The Labute approximate surface area is 122 Å². The van der Waals surface area contributed by atoms with Gasteiger partial charge < -0.3 is 5.73 Å². The summed E-state index contributed by atoms with van der Waals surface area (Å²) in [6.07, 6.45) is 1.14. The molecule has 0 saturated carbocycles. The van der Waals surface area contributed by atoms with Crippen molar-refractivity contribution in [3.63, 3.8) is 0 Å². The normalized spacial score (nSPS) is 10.3. The molecule has 0 aliphatic carbocycles. The summed E-state index contributed by atoms with van der Waals surface area (Å²) < 4.78 is 0. The summed E-state index contributed by atoms with van der Waals surface area (Å²) in [4.78, 5) is 0. The van der Waals surface area contributed by atoms with Gasteiger partial charge in [-0.25, -0.2) is 0 Å². The van der Waals surface area contributed by atoms with Gasteiger partial charge in [-0.2, -0.15) is 0 Å². The Balaban J connectivity index is 0.00000180. The van der Waals surface area contributed by atoms with Crippen molar-refractivity contribution in [3.05, 3.63) is 59.7 Å². The van der Waals surface area contributed by atoms with E-state index in [0.717, 1.165) is 6.42 Å². The first-order valence-electron chi connectivity index (χ1n) is 6.58. The minimum Gasteiger partial charge on any atom is -0.326 e. The molecule has 0 fully saturated rings. The highest BCUT2D eigenvalue weighted by Crippen LogP contribution is 2.24. The van der Waals surface area contributed by atoms with Crippen LogP contribution in [0.1, 0.15) is 25.0 Å². The van der Waals surface area contributed by atoms with Crippen LogP contribution < -0.4 is 5.73 Å². The second kappa shape index (κ2) is 7.32. The maximum Gasteiger partial charge on any atom is 0.0184 e. The Hall–Kier alpha value is -1.31. The van der Waals surface area contributed by atoms with Crippen molar-refractivity contribution in [1.82, 2.24) is 0 Å². The maximum absolute atomic E-state index is 5.78. The van der Waals surface area contributed by atoms with Crippen LogP contribution in [0.3, 0.4) is 0 Å². The lowest BCUT2D eigenvalue weighted by Crippen LogP contribution is -1.99. The molecule has 2 rings (SSSR count). The average Bonchev–Trinajstić information content (AvgIpc) is 2.39. The van der Waals surface area contributed by atoms with E-state index in [0.29, 0.717) is 12.5 Å². The molecule has 0 bridgehead atoms. The van der Waals surface area contributed by atoms with Gasteiger partial charge in [-0.1, -0.05) is 62.4 Å². The number of hydrogen-bond acceptors (Lipinski definition) is 1. The first kappa shape index (κ1) is 15.7. The van der Waals surface area contributed by atoms with E-state index in [1.165, 1.54) is 22.3 Å². The molecule has 1 nitrogen and oxygen atoms in total. The molecule has 0 amide bonds. The van der Waals surface area contributed by atoms with Gasteiger partial charge >= 0.3 is 0 Å². The van der Waals surface area contributed by atoms with Crippen LogP contribution >= 0.6 is 12.4 Å². The smallest absolute Gasteiger partial charge is 0.0184 e. The molecule has 2 aromatic rings. The standard InChI is InChI=1S/C17H21N.ClH/c1-13(2)11-14-7-9-15(10-8-14)17-6-4-3-5-16(17)12-18;/h3-10,13H,11-12,18H2,1-2H3;1H. The number of nitrogens with two attached hydrogens (primary N) is 1. The van der Waals surface area contributed by atoms with Gasteiger partial charge in [0.25, 0.3) is 0 Å². The lowest BCUT2D eigenvalue weighted by molar-refractivity contribution is 0.647. The molecular formula is C17H22ClN. The monoisotopic (exact) mass is 275 g/mol. The van der Waals surface area contributed by atoms with Crippen molar-refractivity contribution in [2.75, 3.05) is 0 Å². The zero-order valence-electron chi connectivity index (χ0n) is 11.6. The summed E-state index contributed by atoms with van der Waals surface area (Å²) >= 11 is 0. The van der Waals surface area contributed by atoms with Crippen molar-refractivity contribution in [3.8, 4) is 11.1 Å². The zero-order valence-corrected chi connectivity index (χ0v) is 12.4. The van der Waals surface area contributed by atoms with E-state index in [1.807, 2.05) is 6.07 Å². The predicted octanol–water partition coefficient (Wildman–Crippen LogP) is 4.43. The Morgan fingerprint density at radius 1 is 0.947 bits per heavy atom. The average molecular weight is 276 g/mol. The molecule has 2 heteroatoms. The molecule has 2 aromatic carbocycles. The Morgan fingerprint density at radius 3 is 2.16 bits per heavy atom. The topological polar surface area (TPSA) is 26.0 Å². The molecular weight excluding hydrogens is 254 g/mol. The lowest BCUT2D eigenvalue weighted by atomic mass is 9.96. The third-order valence-electron chi connectivity index (χ3n) is 3.15. The first-order valence-corrected chi connectivity index (χ1v) is 6.58. The van der Waals surface area contributed by atoms with Crippen LogP contribution in [0.4, 0.5) is 0 Å². The molecule has 0 aliphatic heterocycles. The second-order valence-corrected chi connectivity index (χ2v) is 5.16. The van der Waals surface area contributed by atoms with Gasteiger partial charge in [0.05, 0.1) is 0 Å². The van der Waals surface area contributed by atoms with Gasteiger partial charge in [-0.05, 0) is 34.6 Å².